The zero-order chi connectivity index (χ0) is 26.3. The summed E-state index contributed by atoms with van der Waals surface area (Å²) in [5.41, 5.74) is 2.08. The Morgan fingerprint density at radius 3 is 2.14 bits per heavy atom. The summed E-state index contributed by atoms with van der Waals surface area (Å²) < 4.78 is 13.8. The van der Waals surface area contributed by atoms with Crippen LogP contribution in [0.1, 0.15) is 62.6 Å². The first-order valence-corrected chi connectivity index (χ1v) is 12.4. The van der Waals surface area contributed by atoms with Crippen molar-refractivity contribution in [2.75, 3.05) is 6.54 Å². The van der Waals surface area contributed by atoms with Gasteiger partial charge in [-0.25, -0.2) is 9.18 Å². The fourth-order valence-electron chi connectivity index (χ4n) is 3.71. The summed E-state index contributed by atoms with van der Waals surface area (Å²) in [6, 6.07) is 19.1. The minimum absolute atomic E-state index is 0.0369. The van der Waals surface area contributed by atoms with Crippen molar-refractivity contribution >= 4 is 11.9 Å². The predicted octanol–water partition coefficient (Wildman–Crippen LogP) is 5.53. The van der Waals surface area contributed by atoms with Gasteiger partial charge in [0.05, 0.1) is 5.92 Å². The van der Waals surface area contributed by atoms with Crippen LogP contribution < -0.4 is 16.0 Å². The maximum atomic E-state index is 13.8. The number of halogens is 1. The van der Waals surface area contributed by atoms with Gasteiger partial charge in [-0.3, -0.25) is 9.78 Å². The minimum atomic E-state index is -0.560. The molecular weight excluding hydrogens is 455 g/mol. The van der Waals surface area contributed by atoms with E-state index in [-0.39, 0.29) is 36.8 Å². The summed E-state index contributed by atoms with van der Waals surface area (Å²) in [4.78, 5) is 30.0. The number of nitrogens with one attached hydrogen (secondary N) is 3. The molecule has 3 N–H and O–H groups in total. The number of rotatable bonds is 9. The van der Waals surface area contributed by atoms with Gasteiger partial charge in [-0.05, 0) is 37.1 Å². The van der Waals surface area contributed by atoms with Crippen LogP contribution in [0.15, 0.2) is 79.1 Å². The number of amides is 3. The van der Waals surface area contributed by atoms with Crippen LogP contribution in [0.25, 0.3) is 0 Å². The first-order chi connectivity index (χ1) is 17.4. The second-order valence-corrected chi connectivity index (χ2v) is 8.81. The molecule has 3 aromatic rings. The highest BCUT2D eigenvalue weighted by Crippen LogP contribution is 2.33. The van der Waals surface area contributed by atoms with Crippen LogP contribution >= 0.6 is 0 Å². The molecule has 2 atom stereocenters. The molecule has 1 heterocycles. The standard InChI is InChI=1S/C26H29FN4O2.C3H8/c1-18(2)31-25(32)24(21-12-8-14-28-15-21)22(19-9-4-3-5-10-19)17-30-26(33)29-16-20-11-6-7-13-23(20)27;1-3-2/h3-15,18,22,24H,16-17H2,1-2H3,(H,31,32)(H2,29,30,33);3H2,1-2H3. The number of hydrogen-bond acceptors (Lipinski definition) is 3. The third kappa shape index (κ3) is 9.13. The van der Waals surface area contributed by atoms with E-state index in [1.54, 1.807) is 36.7 Å². The topological polar surface area (TPSA) is 83.1 Å². The van der Waals surface area contributed by atoms with Crippen molar-refractivity contribution in [3.8, 4) is 0 Å². The summed E-state index contributed by atoms with van der Waals surface area (Å²) in [5.74, 6) is -1.41. The monoisotopic (exact) mass is 492 g/mol. The Bertz CT molecular complexity index is 1060. The van der Waals surface area contributed by atoms with E-state index in [4.69, 9.17) is 0 Å². The molecule has 1 aromatic heterocycles. The van der Waals surface area contributed by atoms with Gasteiger partial charge in [-0.2, -0.15) is 0 Å². The highest BCUT2D eigenvalue weighted by molar-refractivity contribution is 5.85. The second-order valence-electron chi connectivity index (χ2n) is 8.81. The SMILES string of the molecule is CC(C)NC(=O)C(c1cccnc1)C(CNC(=O)NCc1ccccc1F)c1ccccc1.CCC. The Kier molecular flexibility index (Phi) is 12.1. The van der Waals surface area contributed by atoms with Gasteiger partial charge >= 0.3 is 6.03 Å². The molecule has 3 rings (SSSR count). The number of aromatic nitrogens is 1. The second kappa shape index (κ2) is 15.3. The number of nitrogens with zero attached hydrogens (tertiary/aromatic N) is 1. The third-order valence-corrected chi connectivity index (χ3v) is 5.27. The van der Waals surface area contributed by atoms with Gasteiger partial charge in [0.15, 0.2) is 0 Å². The predicted molar refractivity (Wildman–Crippen MR) is 142 cm³/mol. The van der Waals surface area contributed by atoms with E-state index in [1.165, 1.54) is 12.5 Å². The lowest BCUT2D eigenvalue weighted by Gasteiger charge is -2.28. The number of carbonyl (C=O) groups is 2. The summed E-state index contributed by atoms with van der Waals surface area (Å²) in [6.45, 7) is 8.33. The average Bonchev–Trinajstić information content (AvgIpc) is 2.87. The molecule has 7 heteroatoms. The molecule has 6 nitrogen and oxygen atoms in total. The fraction of sp³-hybridized carbons (Fsp3) is 0.345. The van der Waals surface area contributed by atoms with Gasteiger partial charge in [-0.1, -0.05) is 74.9 Å². The van der Waals surface area contributed by atoms with Crippen LogP contribution in [-0.4, -0.2) is 29.5 Å². The molecule has 192 valence electrons. The molecule has 0 fully saturated rings. The van der Waals surface area contributed by atoms with Crippen molar-refractivity contribution in [1.29, 1.82) is 0 Å². The molecule has 0 aliphatic heterocycles. The van der Waals surface area contributed by atoms with Gasteiger partial charge in [0.1, 0.15) is 5.82 Å². The lowest BCUT2D eigenvalue weighted by Crippen LogP contribution is -2.42. The maximum Gasteiger partial charge on any atom is 0.315 e. The van der Waals surface area contributed by atoms with Crippen LogP contribution in [0.4, 0.5) is 9.18 Å². The van der Waals surface area contributed by atoms with Crippen LogP contribution in [0.2, 0.25) is 0 Å². The molecule has 0 saturated heterocycles. The van der Waals surface area contributed by atoms with Crippen molar-refractivity contribution in [1.82, 2.24) is 20.9 Å². The molecular formula is C29H37FN4O2. The largest absolute Gasteiger partial charge is 0.353 e. The van der Waals surface area contributed by atoms with Gasteiger partial charge in [0.2, 0.25) is 5.91 Å². The molecule has 2 aromatic carbocycles. The van der Waals surface area contributed by atoms with Crippen molar-refractivity contribution in [3.05, 3.63) is 102 Å². The maximum absolute atomic E-state index is 13.8. The van der Waals surface area contributed by atoms with Crippen molar-refractivity contribution in [2.45, 2.75) is 58.5 Å². The summed E-state index contributed by atoms with van der Waals surface area (Å²) in [6.07, 6.45) is 4.59. The van der Waals surface area contributed by atoms with E-state index in [0.29, 0.717) is 5.56 Å². The van der Waals surface area contributed by atoms with Crippen LogP contribution in [0.3, 0.4) is 0 Å². The van der Waals surface area contributed by atoms with E-state index >= 15 is 0 Å². The third-order valence-electron chi connectivity index (χ3n) is 5.27. The van der Waals surface area contributed by atoms with E-state index in [0.717, 1.165) is 11.1 Å². The highest BCUT2D eigenvalue weighted by Gasteiger charge is 2.32. The van der Waals surface area contributed by atoms with E-state index in [9.17, 15) is 14.0 Å². The quantitative estimate of drug-likeness (QED) is 0.367. The van der Waals surface area contributed by atoms with E-state index in [1.807, 2.05) is 50.2 Å². The molecule has 0 spiro atoms. The first-order valence-electron chi connectivity index (χ1n) is 12.4. The summed E-state index contributed by atoms with van der Waals surface area (Å²) in [7, 11) is 0. The lowest BCUT2D eigenvalue weighted by molar-refractivity contribution is -0.123. The number of carbonyl (C=O) groups excluding carboxylic acids is 2. The van der Waals surface area contributed by atoms with Crippen LogP contribution in [0.5, 0.6) is 0 Å². The smallest absolute Gasteiger partial charge is 0.315 e. The van der Waals surface area contributed by atoms with Crippen molar-refractivity contribution in [3.63, 3.8) is 0 Å². The molecule has 3 amide bonds. The van der Waals surface area contributed by atoms with Crippen molar-refractivity contribution < 1.29 is 14.0 Å². The molecule has 0 bridgehead atoms. The van der Waals surface area contributed by atoms with Crippen molar-refractivity contribution in [2.24, 2.45) is 0 Å². The fourth-order valence-corrected chi connectivity index (χ4v) is 3.71. The van der Waals surface area contributed by atoms with E-state index < -0.39 is 11.9 Å². The first kappa shape index (κ1) is 28.5. The minimum Gasteiger partial charge on any atom is -0.353 e. The molecule has 0 aliphatic rings. The zero-order valence-corrected chi connectivity index (χ0v) is 21.5. The number of urea groups is 1. The van der Waals surface area contributed by atoms with Gasteiger partial charge < -0.3 is 16.0 Å². The van der Waals surface area contributed by atoms with Gasteiger partial charge in [0.25, 0.3) is 0 Å². The van der Waals surface area contributed by atoms with E-state index in [2.05, 4.69) is 34.8 Å². The van der Waals surface area contributed by atoms with Crippen LogP contribution in [0, 0.1) is 5.82 Å². The summed E-state index contributed by atoms with van der Waals surface area (Å²) >= 11 is 0. The zero-order valence-electron chi connectivity index (χ0n) is 21.5. The Balaban J connectivity index is 0.00000145. The molecule has 2 unspecified atom stereocenters. The highest BCUT2D eigenvalue weighted by atomic mass is 19.1. The Labute approximate surface area is 213 Å². The average molecular weight is 493 g/mol. The Morgan fingerprint density at radius 1 is 0.889 bits per heavy atom. The van der Waals surface area contributed by atoms with Crippen LogP contribution in [-0.2, 0) is 11.3 Å². The number of benzene rings is 2. The summed E-state index contributed by atoms with van der Waals surface area (Å²) in [5, 5.41) is 8.54. The number of pyridine rings is 1. The Morgan fingerprint density at radius 2 is 1.53 bits per heavy atom. The molecule has 0 radical (unpaired) electrons. The molecule has 0 saturated carbocycles. The van der Waals surface area contributed by atoms with Gasteiger partial charge in [-0.15, -0.1) is 0 Å². The Hall–Kier alpha value is -3.74. The number of hydrogen-bond donors (Lipinski definition) is 3. The van der Waals surface area contributed by atoms with Gasteiger partial charge in [0, 0.05) is 43.0 Å². The normalized spacial score (nSPS) is 12.1. The lowest BCUT2D eigenvalue weighted by atomic mass is 9.81. The molecule has 36 heavy (non-hydrogen) atoms. The molecule has 0 aliphatic carbocycles.